The average molecular weight is 226 g/mol. The highest BCUT2D eigenvalue weighted by Crippen LogP contribution is 2.36. The largest absolute Gasteiger partial charge is 0.302 e. The Morgan fingerprint density at radius 2 is 2.33 bits per heavy atom. The maximum absolute atomic E-state index is 9.13. The summed E-state index contributed by atoms with van der Waals surface area (Å²) in [6.07, 6.45) is 4.51. The third-order valence-corrected chi connectivity index (χ3v) is 4.56. The van der Waals surface area contributed by atoms with Crippen LogP contribution in [0.2, 0.25) is 0 Å². The Morgan fingerprint density at radius 3 is 2.80 bits per heavy atom. The number of hydrogen-bond donors (Lipinski definition) is 1. The van der Waals surface area contributed by atoms with Crippen molar-refractivity contribution >= 4 is 11.8 Å². The Balaban J connectivity index is 2.28. The molecule has 0 spiro atoms. The van der Waals surface area contributed by atoms with Crippen LogP contribution < -0.4 is 5.32 Å². The van der Waals surface area contributed by atoms with Crippen molar-refractivity contribution in [2.75, 3.05) is 12.8 Å². The summed E-state index contributed by atoms with van der Waals surface area (Å²) < 4.78 is 0. The summed E-state index contributed by atoms with van der Waals surface area (Å²) >= 11 is 2.05. The van der Waals surface area contributed by atoms with Gasteiger partial charge in [-0.05, 0) is 44.4 Å². The summed E-state index contributed by atoms with van der Waals surface area (Å²) in [4.78, 5) is 0. The third-order valence-electron chi connectivity index (χ3n) is 3.21. The Bertz CT molecular complexity index is 234. The van der Waals surface area contributed by atoms with Crippen molar-refractivity contribution < 1.29 is 0 Å². The van der Waals surface area contributed by atoms with Gasteiger partial charge in [-0.2, -0.15) is 17.0 Å². The fourth-order valence-electron chi connectivity index (χ4n) is 2.00. The highest BCUT2D eigenvalue weighted by atomic mass is 32.2. The first-order chi connectivity index (χ1) is 7.12. The van der Waals surface area contributed by atoms with Gasteiger partial charge in [-0.25, -0.2) is 0 Å². The van der Waals surface area contributed by atoms with Crippen LogP contribution >= 0.6 is 11.8 Å². The van der Waals surface area contributed by atoms with E-state index in [-0.39, 0.29) is 5.54 Å². The predicted octanol–water partition coefficient (Wildman–Crippen LogP) is 2.80. The molecule has 0 heterocycles. The molecule has 0 aromatic heterocycles. The second kappa shape index (κ2) is 5.77. The first-order valence-corrected chi connectivity index (χ1v) is 6.88. The smallest absolute Gasteiger partial charge is 0.107 e. The molecule has 0 amide bonds. The fourth-order valence-corrected chi connectivity index (χ4v) is 3.63. The van der Waals surface area contributed by atoms with Crippen molar-refractivity contribution in [3.8, 4) is 6.07 Å². The molecule has 1 aliphatic rings. The van der Waals surface area contributed by atoms with E-state index in [9.17, 15) is 0 Å². The summed E-state index contributed by atoms with van der Waals surface area (Å²) in [6, 6.07) is 2.43. The van der Waals surface area contributed by atoms with Crippen LogP contribution in [0.5, 0.6) is 0 Å². The van der Waals surface area contributed by atoms with Crippen molar-refractivity contribution in [2.45, 2.75) is 50.3 Å². The number of nitriles is 1. The molecular formula is C12H22N2S. The maximum atomic E-state index is 9.13. The van der Waals surface area contributed by atoms with Gasteiger partial charge in [0.25, 0.3) is 0 Å². The quantitative estimate of drug-likeness (QED) is 0.783. The molecule has 2 nitrogen and oxygen atoms in total. The normalized spacial score (nSPS) is 30.7. The van der Waals surface area contributed by atoms with E-state index in [2.05, 4.69) is 37.0 Å². The molecule has 0 aromatic rings. The molecule has 2 atom stereocenters. The molecule has 1 saturated carbocycles. The van der Waals surface area contributed by atoms with Crippen molar-refractivity contribution in [3.63, 3.8) is 0 Å². The molecule has 0 saturated heterocycles. The summed E-state index contributed by atoms with van der Waals surface area (Å²) in [5, 5.41) is 13.0. The van der Waals surface area contributed by atoms with Gasteiger partial charge in [0, 0.05) is 5.25 Å². The molecule has 0 aromatic carbocycles. The van der Waals surface area contributed by atoms with Gasteiger partial charge >= 0.3 is 0 Å². The predicted molar refractivity (Wildman–Crippen MR) is 67.0 cm³/mol. The molecule has 1 N–H and O–H groups in total. The minimum atomic E-state index is -0.227. The zero-order valence-corrected chi connectivity index (χ0v) is 10.9. The zero-order chi connectivity index (χ0) is 11.3. The van der Waals surface area contributed by atoms with Gasteiger partial charge in [0.15, 0.2) is 0 Å². The van der Waals surface area contributed by atoms with Crippen molar-refractivity contribution in [3.05, 3.63) is 0 Å². The highest BCUT2D eigenvalue weighted by Gasteiger charge is 2.38. The van der Waals surface area contributed by atoms with E-state index in [0.717, 1.165) is 18.8 Å². The lowest BCUT2D eigenvalue weighted by Crippen LogP contribution is -2.38. The standard InChI is InChI=1S/C12H22N2S/c1-10(2)5-7-15-11-4-6-12(8-11,9-13)14-3/h10-11,14H,4-8H2,1-3H3. The van der Waals surface area contributed by atoms with Crippen LogP contribution in [0.3, 0.4) is 0 Å². The summed E-state index contributed by atoms with van der Waals surface area (Å²) in [5.41, 5.74) is -0.227. The molecule has 0 radical (unpaired) electrons. The average Bonchev–Trinajstić information content (AvgIpc) is 2.62. The topological polar surface area (TPSA) is 35.8 Å². The van der Waals surface area contributed by atoms with Gasteiger partial charge in [-0.3, -0.25) is 0 Å². The lowest BCUT2D eigenvalue weighted by molar-refractivity contribution is 0.464. The van der Waals surface area contributed by atoms with Gasteiger partial charge in [0.2, 0.25) is 0 Å². The van der Waals surface area contributed by atoms with E-state index in [4.69, 9.17) is 5.26 Å². The van der Waals surface area contributed by atoms with E-state index in [1.807, 2.05) is 7.05 Å². The van der Waals surface area contributed by atoms with Gasteiger partial charge in [-0.15, -0.1) is 0 Å². The van der Waals surface area contributed by atoms with Gasteiger partial charge < -0.3 is 5.32 Å². The second-order valence-electron chi connectivity index (χ2n) is 4.86. The molecular weight excluding hydrogens is 204 g/mol. The SMILES string of the molecule is CNC1(C#N)CCC(SCCC(C)C)C1. The van der Waals surface area contributed by atoms with Crippen LogP contribution in [0.25, 0.3) is 0 Å². The number of hydrogen-bond acceptors (Lipinski definition) is 3. The molecule has 3 heteroatoms. The molecule has 0 bridgehead atoms. The number of thioether (sulfide) groups is 1. The summed E-state index contributed by atoms with van der Waals surface area (Å²) in [7, 11) is 1.91. The van der Waals surface area contributed by atoms with E-state index in [1.165, 1.54) is 18.6 Å². The monoisotopic (exact) mass is 226 g/mol. The molecule has 0 aliphatic heterocycles. The van der Waals surface area contributed by atoms with Crippen LogP contribution in [0.4, 0.5) is 0 Å². The van der Waals surface area contributed by atoms with Gasteiger partial charge in [-0.1, -0.05) is 13.8 Å². The van der Waals surface area contributed by atoms with Crippen LogP contribution in [0.15, 0.2) is 0 Å². The number of nitrogens with zero attached hydrogens (tertiary/aromatic N) is 1. The lowest BCUT2D eigenvalue weighted by Gasteiger charge is -2.19. The van der Waals surface area contributed by atoms with E-state index >= 15 is 0 Å². The summed E-state index contributed by atoms with van der Waals surface area (Å²) in [5.74, 6) is 2.04. The van der Waals surface area contributed by atoms with Gasteiger partial charge in [0.1, 0.15) is 5.54 Å². The molecule has 15 heavy (non-hydrogen) atoms. The second-order valence-corrected chi connectivity index (χ2v) is 6.27. The Morgan fingerprint density at radius 1 is 1.60 bits per heavy atom. The Kier molecular flexibility index (Phi) is 4.95. The minimum Gasteiger partial charge on any atom is -0.302 e. The minimum absolute atomic E-state index is 0.227. The molecule has 86 valence electrons. The van der Waals surface area contributed by atoms with Crippen molar-refractivity contribution in [1.29, 1.82) is 5.26 Å². The Hall–Kier alpha value is -0.200. The van der Waals surface area contributed by atoms with Crippen LogP contribution in [0.1, 0.15) is 39.5 Å². The molecule has 1 rings (SSSR count). The first kappa shape index (κ1) is 12.9. The highest BCUT2D eigenvalue weighted by molar-refractivity contribution is 7.99. The van der Waals surface area contributed by atoms with Crippen LogP contribution in [-0.2, 0) is 0 Å². The van der Waals surface area contributed by atoms with Crippen molar-refractivity contribution in [2.24, 2.45) is 5.92 Å². The third kappa shape index (κ3) is 3.70. The Labute approximate surface area is 97.8 Å². The van der Waals surface area contributed by atoms with E-state index in [0.29, 0.717) is 5.25 Å². The number of nitrogens with one attached hydrogen (secondary N) is 1. The first-order valence-electron chi connectivity index (χ1n) is 5.83. The molecule has 1 fully saturated rings. The van der Waals surface area contributed by atoms with Crippen molar-refractivity contribution in [1.82, 2.24) is 5.32 Å². The maximum Gasteiger partial charge on any atom is 0.107 e. The summed E-state index contributed by atoms with van der Waals surface area (Å²) in [6.45, 7) is 4.53. The zero-order valence-electron chi connectivity index (χ0n) is 10.0. The molecule has 2 unspecified atom stereocenters. The fraction of sp³-hybridized carbons (Fsp3) is 0.917. The van der Waals surface area contributed by atoms with E-state index in [1.54, 1.807) is 0 Å². The molecule has 1 aliphatic carbocycles. The lowest BCUT2D eigenvalue weighted by atomic mass is 10.0. The number of rotatable bonds is 5. The van der Waals surface area contributed by atoms with E-state index < -0.39 is 0 Å². The van der Waals surface area contributed by atoms with Gasteiger partial charge in [0.05, 0.1) is 6.07 Å². The van der Waals surface area contributed by atoms with Crippen LogP contribution in [0, 0.1) is 17.2 Å². The van der Waals surface area contributed by atoms with Crippen LogP contribution in [-0.4, -0.2) is 23.6 Å².